The molecule has 0 amide bonds. The zero-order chi connectivity index (χ0) is 13.9. The van der Waals surface area contributed by atoms with E-state index in [-0.39, 0.29) is 0 Å². The van der Waals surface area contributed by atoms with Gasteiger partial charge in [0.1, 0.15) is 11.4 Å². The molecule has 3 aromatic rings. The fourth-order valence-corrected chi connectivity index (χ4v) is 1.85. The third-order valence-corrected chi connectivity index (χ3v) is 2.88. The van der Waals surface area contributed by atoms with E-state index in [1.54, 1.807) is 7.11 Å². The first-order valence-corrected chi connectivity index (χ1v) is 6.18. The number of benzene rings is 1. The summed E-state index contributed by atoms with van der Waals surface area (Å²) in [6.07, 6.45) is 0. The predicted octanol–water partition coefficient (Wildman–Crippen LogP) is 3.12. The van der Waals surface area contributed by atoms with Gasteiger partial charge >= 0.3 is 0 Å². The summed E-state index contributed by atoms with van der Waals surface area (Å²) in [7, 11) is 1.63. The highest BCUT2D eigenvalue weighted by atomic mass is 16.5. The van der Waals surface area contributed by atoms with Crippen LogP contribution in [0.3, 0.4) is 0 Å². The van der Waals surface area contributed by atoms with Crippen molar-refractivity contribution in [2.75, 3.05) is 7.11 Å². The molecule has 0 saturated carbocycles. The third kappa shape index (κ3) is 2.38. The van der Waals surface area contributed by atoms with Crippen molar-refractivity contribution < 1.29 is 9.26 Å². The molecule has 0 unspecified atom stereocenters. The van der Waals surface area contributed by atoms with Crippen LogP contribution in [0.4, 0.5) is 0 Å². The molecule has 3 rings (SSSR count). The van der Waals surface area contributed by atoms with Crippen molar-refractivity contribution in [1.82, 2.24) is 15.1 Å². The van der Waals surface area contributed by atoms with Gasteiger partial charge in [-0.3, -0.25) is 0 Å². The summed E-state index contributed by atoms with van der Waals surface area (Å²) in [5, 5.41) is 3.98. The van der Waals surface area contributed by atoms with Crippen LogP contribution < -0.4 is 4.74 Å². The minimum absolute atomic E-state index is 0.416. The number of nitrogens with zero attached hydrogens (tertiary/aromatic N) is 3. The summed E-state index contributed by atoms with van der Waals surface area (Å²) in [5.41, 5.74) is 2.46. The van der Waals surface area contributed by atoms with E-state index in [1.165, 1.54) is 0 Å². The molecule has 0 aliphatic heterocycles. The minimum Gasteiger partial charge on any atom is -0.497 e. The summed E-state index contributed by atoms with van der Waals surface area (Å²) in [6, 6.07) is 13.2. The summed E-state index contributed by atoms with van der Waals surface area (Å²) in [5.74, 6) is 1.74. The molecule has 2 aromatic heterocycles. The second-order valence-electron chi connectivity index (χ2n) is 4.32. The maximum Gasteiger partial charge on any atom is 0.276 e. The van der Waals surface area contributed by atoms with Crippen LogP contribution in [0.5, 0.6) is 5.75 Å². The molecular formula is C15H13N3O2. The van der Waals surface area contributed by atoms with Crippen LogP contribution in [0.2, 0.25) is 0 Å². The Bertz CT molecular complexity index is 720. The second-order valence-corrected chi connectivity index (χ2v) is 4.32. The number of methoxy groups -OCH3 is 1. The monoisotopic (exact) mass is 267 g/mol. The van der Waals surface area contributed by atoms with E-state index in [4.69, 9.17) is 9.26 Å². The summed E-state index contributed by atoms with van der Waals surface area (Å²) in [6.45, 7) is 1.92. The molecule has 0 aliphatic rings. The SMILES string of the molecule is COc1ccc(-c2noc(-c3cccc(C)n3)n2)cc1. The van der Waals surface area contributed by atoms with Crippen molar-refractivity contribution in [2.24, 2.45) is 0 Å². The van der Waals surface area contributed by atoms with Crippen LogP contribution in [0, 0.1) is 6.92 Å². The van der Waals surface area contributed by atoms with E-state index >= 15 is 0 Å². The molecule has 2 heterocycles. The van der Waals surface area contributed by atoms with Gasteiger partial charge in [-0.05, 0) is 43.3 Å². The molecule has 20 heavy (non-hydrogen) atoms. The number of aromatic nitrogens is 3. The maximum absolute atomic E-state index is 5.26. The lowest BCUT2D eigenvalue weighted by molar-refractivity contribution is 0.414. The fourth-order valence-electron chi connectivity index (χ4n) is 1.85. The van der Waals surface area contributed by atoms with E-state index < -0.39 is 0 Å². The van der Waals surface area contributed by atoms with Crippen LogP contribution >= 0.6 is 0 Å². The molecule has 0 aliphatic carbocycles. The number of hydrogen-bond donors (Lipinski definition) is 0. The number of aryl methyl sites for hydroxylation is 1. The number of rotatable bonds is 3. The van der Waals surface area contributed by atoms with Crippen LogP contribution in [-0.2, 0) is 0 Å². The summed E-state index contributed by atoms with van der Waals surface area (Å²) in [4.78, 5) is 8.73. The predicted molar refractivity (Wildman–Crippen MR) is 74.3 cm³/mol. The Labute approximate surface area is 116 Å². The average molecular weight is 267 g/mol. The zero-order valence-electron chi connectivity index (χ0n) is 11.2. The topological polar surface area (TPSA) is 61.0 Å². The number of ether oxygens (including phenoxy) is 1. The highest BCUT2D eigenvalue weighted by molar-refractivity contribution is 5.58. The molecule has 0 radical (unpaired) electrons. The van der Waals surface area contributed by atoms with Crippen molar-refractivity contribution in [1.29, 1.82) is 0 Å². The Hall–Kier alpha value is -2.69. The van der Waals surface area contributed by atoms with Crippen LogP contribution in [0.1, 0.15) is 5.69 Å². The Balaban J connectivity index is 1.93. The van der Waals surface area contributed by atoms with Gasteiger partial charge < -0.3 is 9.26 Å². The van der Waals surface area contributed by atoms with Gasteiger partial charge in [0.05, 0.1) is 7.11 Å². The zero-order valence-corrected chi connectivity index (χ0v) is 11.2. The Kier molecular flexibility index (Phi) is 3.16. The van der Waals surface area contributed by atoms with Crippen LogP contribution in [0.25, 0.3) is 23.0 Å². The molecule has 0 N–H and O–H groups in total. The second kappa shape index (κ2) is 5.13. The smallest absolute Gasteiger partial charge is 0.276 e. The van der Waals surface area contributed by atoms with Crippen molar-refractivity contribution in [2.45, 2.75) is 6.92 Å². The van der Waals surface area contributed by atoms with Gasteiger partial charge in [-0.1, -0.05) is 11.2 Å². The molecule has 0 spiro atoms. The minimum atomic E-state index is 0.416. The van der Waals surface area contributed by atoms with E-state index in [9.17, 15) is 0 Å². The normalized spacial score (nSPS) is 10.5. The summed E-state index contributed by atoms with van der Waals surface area (Å²) < 4.78 is 10.4. The first-order chi connectivity index (χ1) is 9.76. The van der Waals surface area contributed by atoms with Gasteiger partial charge in [-0.25, -0.2) is 4.98 Å². The van der Waals surface area contributed by atoms with E-state index in [0.717, 1.165) is 17.0 Å². The lowest BCUT2D eigenvalue weighted by atomic mass is 10.2. The molecule has 0 bridgehead atoms. The van der Waals surface area contributed by atoms with Gasteiger partial charge in [0.15, 0.2) is 0 Å². The Morgan fingerprint density at radius 2 is 1.80 bits per heavy atom. The standard InChI is InChI=1S/C15H13N3O2/c1-10-4-3-5-13(16-10)15-17-14(18-20-15)11-6-8-12(19-2)9-7-11/h3-9H,1-2H3. The van der Waals surface area contributed by atoms with E-state index in [0.29, 0.717) is 17.4 Å². The van der Waals surface area contributed by atoms with E-state index in [1.807, 2.05) is 49.4 Å². The first-order valence-electron chi connectivity index (χ1n) is 6.18. The highest BCUT2D eigenvalue weighted by Gasteiger charge is 2.11. The Morgan fingerprint density at radius 1 is 1.00 bits per heavy atom. The molecule has 5 heteroatoms. The molecule has 0 saturated heterocycles. The Morgan fingerprint density at radius 3 is 2.50 bits per heavy atom. The van der Waals surface area contributed by atoms with Crippen LogP contribution in [0.15, 0.2) is 47.0 Å². The van der Waals surface area contributed by atoms with Crippen molar-refractivity contribution >= 4 is 0 Å². The van der Waals surface area contributed by atoms with Gasteiger partial charge in [0, 0.05) is 11.3 Å². The molecule has 1 aromatic carbocycles. The molecule has 0 fully saturated rings. The van der Waals surface area contributed by atoms with Crippen LogP contribution in [-0.4, -0.2) is 22.2 Å². The molecule has 5 nitrogen and oxygen atoms in total. The van der Waals surface area contributed by atoms with Gasteiger partial charge in [0.2, 0.25) is 5.82 Å². The largest absolute Gasteiger partial charge is 0.497 e. The summed E-state index contributed by atoms with van der Waals surface area (Å²) >= 11 is 0. The van der Waals surface area contributed by atoms with Gasteiger partial charge in [-0.15, -0.1) is 0 Å². The van der Waals surface area contributed by atoms with Gasteiger partial charge in [-0.2, -0.15) is 4.98 Å². The first kappa shape index (κ1) is 12.3. The van der Waals surface area contributed by atoms with Crippen molar-refractivity contribution in [3.8, 4) is 28.7 Å². The van der Waals surface area contributed by atoms with Crippen molar-refractivity contribution in [3.05, 3.63) is 48.2 Å². The maximum atomic E-state index is 5.26. The lowest BCUT2D eigenvalue weighted by Crippen LogP contribution is -1.87. The number of pyridine rings is 1. The van der Waals surface area contributed by atoms with E-state index in [2.05, 4.69) is 15.1 Å². The molecular weight excluding hydrogens is 254 g/mol. The average Bonchev–Trinajstić information content (AvgIpc) is 2.97. The lowest BCUT2D eigenvalue weighted by Gasteiger charge is -1.99. The fraction of sp³-hybridized carbons (Fsp3) is 0.133. The molecule has 0 atom stereocenters. The van der Waals surface area contributed by atoms with Gasteiger partial charge in [0.25, 0.3) is 5.89 Å². The van der Waals surface area contributed by atoms with Crippen molar-refractivity contribution in [3.63, 3.8) is 0 Å². The quantitative estimate of drug-likeness (QED) is 0.729. The number of hydrogen-bond acceptors (Lipinski definition) is 5. The third-order valence-electron chi connectivity index (χ3n) is 2.88. The highest BCUT2D eigenvalue weighted by Crippen LogP contribution is 2.22. The molecule has 100 valence electrons.